The van der Waals surface area contributed by atoms with Gasteiger partial charge in [0.05, 0.1) is 35.1 Å². The molecule has 0 aliphatic carbocycles. The average Bonchev–Trinajstić information content (AvgIpc) is 2.85. The number of benzene rings is 2. The van der Waals surface area contributed by atoms with Crippen molar-refractivity contribution < 1.29 is 33.7 Å². The highest BCUT2D eigenvalue weighted by Gasteiger charge is 2.32. The first-order valence-electron chi connectivity index (χ1n) is 10.9. The van der Waals surface area contributed by atoms with Crippen LogP contribution >= 0.6 is 34.2 Å². The molecule has 0 saturated heterocycles. The van der Waals surface area contributed by atoms with E-state index < -0.39 is 23.9 Å². The normalized spacial score (nSPS) is 15.2. The predicted molar refractivity (Wildman–Crippen MR) is 144 cm³/mol. The summed E-state index contributed by atoms with van der Waals surface area (Å²) in [7, 11) is 1.42. The van der Waals surface area contributed by atoms with Gasteiger partial charge in [0.15, 0.2) is 18.1 Å². The van der Waals surface area contributed by atoms with Crippen LogP contribution in [-0.2, 0) is 14.3 Å². The van der Waals surface area contributed by atoms with E-state index in [2.05, 4.69) is 21.2 Å². The number of esters is 1. The maximum Gasteiger partial charge on any atom is 0.338 e. The molecule has 1 aliphatic heterocycles. The number of hydrazone groups is 1. The topological polar surface area (TPSA) is 148 Å². The number of rotatable bonds is 9. The molecular weight excluding hydrogens is 619 g/mol. The number of urea groups is 1. The Bertz CT molecular complexity index is 1280. The molecule has 2 aromatic rings. The molecule has 37 heavy (non-hydrogen) atoms. The molecule has 3 rings (SSSR count). The van der Waals surface area contributed by atoms with E-state index in [4.69, 9.17) is 25.8 Å². The molecule has 0 unspecified atom stereocenters. The number of phenolic OH excluding ortho intramolecular Hbond substituents is 1. The van der Waals surface area contributed by atoms with Gasteiger partial charge in [-0.25, -0.2) is 15.0 Å². The highest BCUT2D eigenvalue weighted by Crippen LogP contribution is 2.34. The maximum atomic E-state index is 12.5. The van der Waals surface area contributed by atoms with E-state index >= 15 is 0 Å². The van der Waals surface area contributed by atoms with Crippen molar-refractivity contribution in [3.05, 3.63) is 61.3 Å². The summed E-state index contributed by atoms with van der Waals surface area (Å²) in [5.74, 6) is -0.598. The van der Waals surface area contributed by atoms with Crippen LogP contribution in [-0.4, -0.2) is 49.6 Å². The molecule has 11 nitrogen and oxygen atoms in total. The largest absolute Gasteiger partial charge is 0.506 e. The van der Waals surface area contributed by atoms with Gasteiger partial charge in [0.1, 0.15) is 5.75 Å². The quantitative estimate of drug-likeness (QED) is 0.142. The Morgan fingerprint density at radius 1 is 1.27 bits per heavy atom. The van der Waals surface area contributed by atoms with Crippen LogP contribution in [0.2, 0.25) is 5.02 Å². The number of amides is 3. The van der Waals surface area contributed by atoms with Gasteiger partial charge in [-0.3, -0.25) is 4.79 Å². The summed E-state index contributed by atoms with van der Waals surface area (Å²) in [6.45, 7) is 3.10. The number of nitrogens with one attached hydrogen (secondary N) is 3. The zero-order chi connectivity index (χ0) is 27.1. The van der Waals surface area contributed by atoms with Gasteiger partial charge < -0.3 is 30.0 Å². The first-order chi connectivity index (χ1) is 17.6. The summed E-state index contributed by atoms with van der Waals surface area (Å²) in [6.07, 6.45) is 1.26. The first kappa shape index (κ1) is 28.1. The first-order valence-corrected chi connectivity index (χ1v) is 12.4. The van der Waals surface area contributed by atoms with E-state index in [1.165, 1.54) is 19.4 Å². The van der Waals surface area contributed by atoms with Crippen LogP contribution in [0.25, 0.3) is 0 Å². The highest BCUT2D eigenvalue weighted by atomic mass is 127. The fraction of sp³-hybridized carbons (Fsp3) is 0.250. The molecule has 0 fully saturated rings. The van der Waals surface area contributed by atoms with Gasteiger partial charge in [-0.1, -0.05) is 17.7 Å². The maximum absolute atomic E-state index is 12.5. The molecule has 3 amide bonds. The second-order valence-corrected chi connectivity index (χ2v) is 9.21. The molecule has 1 heterocycles. The van der Waals surface area contributed by atoms with E-state index in [-0.39, 0.29) is 36.0 Å². The molecular formula is C24H24ClIN4O7. The highest BCUT2D eigenvalue weighted by molar-refractivity contribution is 14.1. The third-order valence-corrected chi connectivity index (χ3v) is 6.14. The zero-order valence-electron chi connectivity index (χ0n) is 20.1. The van der Waals surface area contributed by atoms with Gasteiger partial charge in [0.25, 0.3) is 5.91 Å². The fourth-order valence-corrected chi connectivity index (χ4v) is 4.50. The average molecular weight is 643 g/mol. The van der Waals surface area contributed by atoms with Crippen molar-refractivity contribution in [2.45, 2.75) is 19.9 Å². The van der Waals surface area contributed by atoms with Crippen LogP contribution in [0.1, 0.15) is 31.0 Å². The molecule has 0 aromatic heterocycles. The molecule has 1 aliphatic rings. The van der Waals surface area contributed by atoms with Crippen LogP contribution in [0.15, 0.2) is 46.7 Å². The van der Waals surface area contributed by atoms with E-state index in [0.717, 1.165) is 0 Å². The van der Waals surface area contributed by atoms with Gasteiger partial charge in [0.2, 0.25) is 0 Å². The number of hydrogen-bond donors (Lipinski definition) is 4. The lowest BCUT2D eigenvalue weighted by molar-refractivity contribution is -0.139. The van der Waals surface area contributed by atoms with Crippen LogP contribution in [0.5, 0.6) is 17.2 Å². The van der Waals surface area contributed by atoms with E-state index in [9.17, 15) is 19.5 Å². The fourth-order valence-electron chi connectivity index (χ4n) is 3.44. The molecule has 0 saturated carbocycles. The number of phenols is 1. The number of allylic oxidation sites excluding steroid dienone is 1. The minimum Gasteiger partial charge on any atom is -0.506 e. The van der Waals surface area contributed by atoms with Crippen molar-refractivity contribution in [2.75, 3.05) is 20.3 Å². The second kappa shape index (κ2) is 12.6. The van der Waals surface area contributed by atoms with E-state index in [1.54, 1.807) is 38.1 Å². The molecule has 0 bridgehead atoms. The molecule has 13 heteroatoms. The molecule has 0 radical (unpaired) electrons. The number of carbonyl (C=O) groups is 3. The monoisotopic (exact) mass is 642 g/mol. The van der Waals surface area contributed by atoms with E-state index in [0.29, 0.717) is 25.4 Å². The summed E-state index contributed by atoms with van der Waals surface area (Å²) in [4.78, 5) is 36.8. The summed E-state index contributed by atoms with van der Waals surface area (Å²) in [6, 6.07) is 6.65. The van der Waals surface area contributed by atoms with Crippen LogP contribution in [0.3, 0.4) is 0 Å². The predicted octanol–water partition coefficient (Wildman–Crippen LogP) is 3.38. The number of aromatic hydroxyl groups is 1. The smallest absolute Gasteiger partial charge is 0.338 e. The SMILES string of the molecule is CCOC(=O)C1=C(C)NC(=O)N[C@H]1c1ccc(OCC(=O)N/N=C\c2cc(Cl)cc(I)c2O)c(OC)c1. The Kier molecular flexibility index (Phi) is 9.58. The Balaban J connectivity index is 1.70. The third-order valence-electron chi connectivity index (χ3n) is 5.09. The van der Waals surface area contributed by atoms with Crippen molar-refractivity contribution in [3.8, 4) is 17.2 Å². The number of methoxy groups -OCH3 is 1. The lowest BCUT2D eigenvalue weighted by atomic mass is 9.95. The lowest BCUT2D eigenvalue weighted by Crippen LogP contribution is -2.45. The molecule has 196 valence electrons. The van der Waals surface area contributed by atoms with Crippen LogP contribution < -0.4 is 25.5 Å². The Morgan fingerprint density at radius 3 is 2.73 bits per heavy atom. The number of halogens is 2. The second-order valence-electron chi connectivity index (χ2n) is 7.61. The van der Waals surface area contributed by atoms with Gasteiger partial charge in [-0.05, 0) is 66.3 Å². The van der Waals surface area contributed by atoms with Crippen molar-refractivity contribution in [1.82, 2.24) is 16.1 Å². The summed E-state index contributed by atoms with van der Waals surface area (Å²) in [5, 5.41) is 19.6. The van der Waals surface area contributed by atoms with Crippen LogP contribution in [0, 0.1) is 3.57 Å². The minimum atomic E-state index is -0.778. The number of nitrogens with zero attached hydrogens (tertiary/aromatic N) is 1. The van der Waals surface area contributed by atoms with Crippen LogP contribution in [0.4, 0.5) is 4.79 Å². The molecule has 2 aromatic carbocycles. The number of carbonyl (C=O) groups excluding carboxylic acids is 3. The van der Waals surface area contributed by atoms with Gasteiger partial charge in [-0.15, -0.1) is 0 Å². The van der Waals surface area contributed by atoms with Crippen molar-refractivity contribution in [3.63, 3.8) is 0 Å². The van der Waals surface area contributed by atoms with E-state index in [1.807, 2.05) is 22.6 Å². The lowest BCUT2D eigenvalue weighted by Gasteiger charge is -2.28. The minimum absolute atomic E-state index is 0.00911. The van der Waals surface area contributed by atoms with Gasteiger partial charge in [-0.2, -0.15) is 5.10 Å². The summed E-state index contributed by atoms with van der Waals surface area (Å²) < 4.78 is 16.6. The third kappa shape index (κ3) is 7.04. The Morgan fingerprint density at radius 2 is 2.03 bits per heavy atom. The molecule has 0 spiro atoms. The zero-order valence-corrected chi connectivity index (χ0v) is 23.0. The molecule has 4 N–H and O–H groups in total. The van der Waals surface area contributed by atoms with Crippen molar-refractivity contribution >= 4 is 58.3 Å². The van der Waals surface area contributed by atoms with Crippen molar-refractivity contribution in [2.24, 2.45) is 5.10 Å². The number of ether oxygens (including phenoxy) is 3. The number of hydrogen-bond acceptors (Lipinski definition) is 8. The van der Waals surface area contributed by atoms with Crippen molar-refractivity contribution in [1.29, 1.82) is 0 Å². The summed E-state index contributed by atoms with van der Waals surface area (Å²) in [5.41, 5.74) is 3.83. The van der Waals surface area contributed by atoms with Gasteiger partial charge in [0, 0.05) is 16.3 Å². The Hall–Kier alpha value is -3.52. The Labute approximate surface area is 231 Å². The van der Waals surface area contributed by atoms with Gasteiger partial charge >= 0.3 is 12.0 Å². The summed E-state index contributed by atoms with van der Waals surface area (Å²) >= 11 is 7.91. The standard InChI is InChI=1S/C24H24ClIN4O7/c1-4-36-23(33)20-12(2)28-24(34)29-21(20)13-5-6-17(18(8-13)35-3)37-11-19(31)30-27-10-14-7-15(25)9-16(26)22(14)32/h5-10,21,32H,4,11H2,1-3H3,(H,30,31)(H2,28,29,34)/b27-10-/t21-/m0/s1. The molecule has 1 atom stereocenters.